The number of methoxy groups -OCH3 is 1. The standard InChI is InChI=1S/C21H23ClN3O4/c1-27-19-4-2-3-5-20(19)28-14-16(26)13-24-8-10-25(11-9-24)21-23-17-12-15(22)6-7-18(17)29-21/h2-7,10,12,16,26H,8-9,11,13-14H2,1H3. The Morgan fingerprint density at radius 2 is 2.03 bits per heavy atom. The van der Waals surface area contributed by atoms with Crippen molar-refractivity contribution in [3.05, 3.63) is 54.0 Å². The van der Waals surface area contributed by atoms with Gasteiger partial charge in [0.15, 0.2) is 17.1 Å². The first-order valence-corrected chi connectivity index (χ1v) is 9.82. The average molecular weight is 417 g/mol. The number of rotatable bonds is 7. The molecule has 1 radical (unpaired) electrons. The molecule has 0 bridgehead atoms. The lowest BCUT2D eigenvalue weighted by Gasteiger charge is -2.34. The molecule has 0 aliphatic carbocycles. The maximum absolute atomic E-state index is 10.4. The molecule has 1 atom stereocenters. The van der Waals surface area contributed by atoms with E-state index in [2.05, 4.69) is 9.88 Å². The topological polar surface area (TPSA) is 71.2 Å². The van der Waals surface area contributed by atoms with Gasteiger partial charge in [-0.15, -0.1) is 0 Å². The van der Waals surface area contributed by atoms with Gasteiger partial charge in [0.2, 0.25) is 0 Å². The quantitative estimate of drug-likeness (QED) is 0.634. The number of aromatic nitrogens is 1. The summed E-state index contributed by atoms with van der Waals surface area (Å²) in [6.07, 6.45) is -0.605. The van der Waals surface area contributed by atoms with Gasteiger partial charge in [-0.1, -0.05) is 23.7 Å². The summed E-state index contributed by atoms with van der Waals surface area (Å²) < 4.78 is 16.8. The van der Waals surface area contributed by atoms with Gasteiger partial charge >= 0.3 is 0 Å². The number of ether oxygens (including phenoxy) is 2. The number of aliphatic hydroxyl groups excluding tert-OH is 1. The minimum Gasteiger partial charge on any atom is -0.493 e. The van der Waals surface area contributed by atoms with E-state index in [-0.39, 0.29) is 6.61 Å². The molecule has 0 spiro atoms. The molecule has 4 rings (SSSR count). The number of anilines is 1. The summed E-state index contributed by atoms with van der Waals surface area (Å²) in [5.41, 5.74) is 1.45. The van der Waals surface area contributed by atoms with E-state index in [9.17, 15) is 5.11 Å². The van der Waals surface area contributed by atoms with Crippen molar-refractivity contribution >= 4 is 28.7 Å². The number of aliphatic hydroxyl groups is 1. The van der Waals surface area contributed by atoms with Gasteiger partial charge < -0.3 is 23.9 Å². The molecule has 29 heavy (non-hydrogen) atoms. The van der Waals surface area contributed by atoms with Crippen molar-refractivity contribution in [1.29, 1.82) is 0 Å². The predicted molar refractivity (Wildman–Crippen MR) is 112 cm³/mol. The molecule has 1 unspecified atom stereocenters. The number of nitrogens with zero attached hydrogens (tertiary/aromatic N) is 3. The molecule has 2 heterocycles. The molecule has 2 aromatic carbocycles. The highest BCUT2D eigenvalue weighted by Crippen LogP contribution is 2.27. The van der Waals surface area contributed by atoms with Gasteiger partial charge in [-0.2, -0.15) is 4.98 Å². The normalized spacial score (nSPS) is 16.2. The van der Waals surface area contributed by atoms with Gasteiger partial charge in [0.1, 0.15) is 18.2 Å². The third kappa shape index (κ3) is 4.75. The van der Waals surface area contributed by atoms with Gasteiger partial charge in [-0.05, 0) is 30.3 Å². The molecule has 1 N–H and O–H groups in total. The zero-order valence-corrected chi connectivity index (χ0v) is 16.9. The minimum absolute atomic E-state index is 0.201. The van der Waals surface area contributed by atoms with E-state index in [1.54, 1.807) is 19.2 Å². The van der Waals surface area contributed by atoms with Crippen LogP contribution in [0.1, 0.15) is 0 Å². The number of benzene rings is 2. The lowest BCUT2D eigenvalue weighted by molar-refractivity contribution is 0.0677. The highest BCUT2D eigenvalue weighted by molar-refractivity contribution is 6.31. The van der Waals surface area contributed by atoms with Crippen LogP contribution < -0.4 is 14.4 Å². The third-order valence-corrected chi connectivity index (χ3v) is 5.01. The van der Waals surface area contributed by atoms with Crippen LogP contribution in [-0.2, 0) is 0 Å². The monoisotopic (exact) mass is 416 g/mol. The van der Waals surface area contributed by atoms with Crippen molar-refractivity contribution in [2.75, 3.05) is 44.8 Å². The van der Waals surface area contributed by atoms with E-state index in [0.717, 1.165) is 18.6 Å². The number of fused-ring (bicyclic) bond motifs is 1. The van der Waals surface area contributed by atoms with Crippen molar-refractivity contribution in [3.8, 4) is 11.5 Å². The number of para-hydroxylation sites is 2. The summed E-state index contributed by atoms with van der Waals surface area (Å²) in [6, 6.07) is 13.4. The maximum atomic E-state index is 10.4. The van der Waals surface area contributed by atoms with Crippen LogP contribution in [0.25, 0.3) is 11.1 Å². The molecule has 3 aromatic rings. The van der Waals surface area contributed by atoms with Crippen LogP contribution in [0.15, 0.2) is 46.9 Å². The van der Waals surface area contributed by atoms with Crippen LogP contribution in [0.2, 0.25) is 5.02 Å². The van der Waals surface area contributed by atoms with Crippen molar-refractivity contribution < 1.29 is 19.0 Å². The second kappa shape index (κ2) is 8.90. The van der Waals surface area contributed by atoms with Crippen LogP contribution in [-0.4, -0.2) is 61.0 Å². The molecular weight excluding hydrogens is 394 g/mol. The average Bonchev–Trinajstić information content (AvgIpc) is 3.16. The number of piperazine rings is 1. The summed E-state index contributed by atoms with van der Waals surface area (Å²) in [7, 11) is 1.60. The van der Waals surface area contributed by atoms with Crippen LogP contribution in [0.4, 0.5) is 6.01 Å². The molecule has 1 saturated heterocycles. The first-order chi connectivity index (χ1) is 14.1. The van der Waals surface area contributed by atoms with Crippen molar-refractivity contribution in [3.63, 3.8) is 0 Å². The van der Waals surface area contributed by atoms with Crippen molar-refractivity contribution in [2.24, 2.45) is 0 Å². The number of halogens is 1. The van der Waals surface area contributed by atoms with E-state index in [1.807, 2.05) is 41.8 Å². The highest BCUT2D eigenvalue weighted by Gasteiger charge is 2.23. The number of hydrogen-bond donors (Lipinski definition) is 1. The molecule has 1 aliphatic heterocycles. The zero-order valence-electron chi connectivity index (χ0n) is 16.1. The van der Waals surface area contributed by atoms with Gasteiger partial charge in [-0.3, -0.25) is 4.90 Å². The summed E-state index contributed by atoms with van der Waals surface area (Å²) in [6.45, 7) is 4.92. The Balaban J connectivity index is 1.27. The second-order valence-electron chi connectivity index (χ2n) is 6.86. The summed E-state index contributed by atoms with van der Waals surface area (Å²) in [5, 5.41) is 11.0. The summed E-state index contributed by atoms with van der Waals surface area (Å²) in [4.78, 5) is 8.65. The van der Waals surface area contributed by atoms with E-state index in [1.165, 1.54) is 0 Å². The Morgan fingerprint density at radius 1 is 1.21 bits per heavy atom. The van der Waals surface area contributed by atoms with Crippen LogP contribution in [0.3, 0.4) is 0 Å². The first-order valence-electron chi connectivity index (χ1n) is 9.44. The molecule has 1 aliphatic rings. The summed E-state index contributed by atoms with van der Waals surface area (Å²) in [5.74, 6) is 1.28. The Morgan fingerprint density at radius 3 is 2.79 bits per heavy atom. The first kappa shape index (κ1) is 19.8. The van der Waals surface area contributed by atoms with Crippen LogP contribution in [0.5, 0.6) is 11.5 Å². The Hall–Kier alpha value is -2.48. The number of β-amino-alcohol motifs (C(OH)–C–C–N with tert-alkyl or cyclic N) is 1. The number of oxazole rings is 1. The number of hydrogen-bond acceptors (Lipinski definition) is 7. The van der Waals surface area contributed by atoms with Crippen molar-refractivity contribution in [2.45, 2.75) is 6.10 Å². The zero-order chi connectivity index (χ0) is 20.2. The lowest BCUT2D eigenvalue weighted by Crippen LogP contribution is -2.47. The maximum Gasteiger partial charge on any atom is 0.298 e. The van der Waals surface area contributed by atoms with E-state index in [4.69, 9.17) is 25.5 Å². The molecule has 153 valence electrons. The molecule has 0 amide bonds. The summed E-state index contributed by atoms with van der Waals surface area (Å²) >= 11 is 6.01. The fourth-order valence-corrected chi connectivity index (χ4v) is 3.44. The third-order valence-electron chi connectivity index (χ3n) is 4.77. The van der Waals surface area contributed by atoms with Gasteiger partial charge in [0.05, 0.1) is 13.7 Å². The fourth-order valence-electron chi connectivity index (χ4n) is 3.27. The van der Waals surface area contributed by atoms with E-state index >= 15 is 0 Å². The molecule has 0 saturated carbocycles. The predicted octanol–water partition coefficient (Wildman–Crippen LogP) is 3.21. The van der Waals surface area contributed by atoms with E-state index in [0.29, 0.717) is 41.2 Å². The largest absolute Gasteiger partial charge is 0.493 e. The van der Waals surface area contributed by atoms with Gasteiger partial charge in [0.25, 0.3) is 6.01 Å². The Kier molecular flexibility index (Phi) is 6.08. The molecule has 8 heteroatoms. The molecule has 7 nitrogen and oxygen atoms in total. The lowest BCUT2D eigenvalue weighted by atomic mass is 10.2. The molecular formula is C21H23ClN3O4. The Labute approximate surface area is 174 Å². The molecule has 1 aromatic heterocycles. The second-order valence-corrected chi connectivity index (χ2v) is 7.30. The van der Waals surface area contributed by atoms with E-state index < -0.39 is 6.10 Å². The van der Waals surface area contributed by atoms with Crippen LogP contribution >= 0.6 is 11.6 Å². The van der Waals surface area contributed by atoms with Crippen molar-refractivity contribution in [1.82, 2.24) is 9.88 Å². The van der Waals surface area contributed by atoms with Crippen LogP contribution in [0, 0.1) is 6.54 Å². The smallest absolute Gasteiger partial charge is 0.298 e. The molecule has 1 fully saturated rings. The minimum atomic E-state index is -0.605. The van der Waals surface area contributed by atoms with Gasteiger partial charge in [0, 0.05) is 31.2 Å². The fraction of sp³-hybridized carbons (Fsp3) is 0.333. The Bertz CT molecular complexity index is 956. The SMILES string of the molecule is COc1ccccc1OCC(O)CN1C[CH]N(c2nc3cc(Cl)ccc3o2)CC1. The van der Waals surface area contributed by atoms with Gasteiger partial charge in [-0.25, -0.2) is 0 Å². The highest BCUT2D eigenvalue weighted by atomic mass is 35.5.